The maximum Gasteiger partial charge on any atom is 0.348 e. The van der Waals surface area contributed by atoms with Gasteiger partial charge in [0, 0.05) is 30.6 Å². The van der Waals surface area contributed by atoms with E-state index in [1.165, 1.54) is 0 Å². The van der Waals surface area contributed by atoms with Crippen LogP contribution >= 0.6 is 11.6 Å². The Kier molecular flexibility index (Phi) is 7.00. The maximum absolute atomic E-state index is 12.6. The molecule has 6 nitrogen and oxygen atoms in total. The van der Waals surface area contributed by atoms with Crippen LogP contribution in [0.3, 0.4) is 0 Å². The van der Waals surface area contributed by atoms with Crippen LogP contribution in [0.25, 0.3) is 22.8 Å². The Balaban J connectivity index is 1.94. The standard InChI is InChI=1S/C23H25ClN4O2/c1-4-16(5-2)22(29)28(3)14-15-11-12-19(24)18(13-15)21-25-20(26-23(30)27-21)17-9-7-6-8-10-17/h6-13,16H,4-5,14H2,1-3H3,(H,25,26,27,30). The van der Waals surface area contributed by atoms with Gasteiger partial charge in [-0.1, -0.05) is 61.8 Å². The van der Waals surface area contributed by atoms with Crippen molar-refractivity contribution in [2.24, 2.45) is 5.92 Å². The number of H-pyrrole nitrogens is 1. The van der Waals surface area contributed by atoms with Gasteiger partial charge in [0.2, 0.25) is 5.91 Å². The summed E-state index contributed by atoms with van der Waals surface area (Å²) in [5, 5.41) is 0.459. The molecule has 1 heterocycles. The third kappa shape index (κ3) is 4.94. The van der Waals surface area contributed by atoms with Gasteiger partial charge < -0.3 is 4.90 Å². The number of carbonyl (C=O) groups is 1. The number of carbonyl (C=O) groups excluding carboxylic acids is 1. The molecule has 0 aliphatic carbocycles. The summed E-state index contributed by atoms with van der Waals surface area (Å²) in [5.74, 6) is 0.818. The molecule has 0 atom stereocenters. The first-order valence-corrected chi connectivity index (χ1v) is 10.4. The highest BCUT2D eigenvalue weighted by Gasteiger charge is 2.19. The number of nitrogens with zero attached hydrogens (tertiary/aromatic N) is 3. The number of benzene rings is 2. The summed E-state index contributed by atoms with van der Waals surface area (Å²) in [6.45, 7) is 4.49. The predicted molar refractivity (Wildman–Crippen MR) is 119 cm³/mol. The van der Waals surface area contributed by atoms with Crippen molar-refractivity contribution < 1.29 is 4.79 Å². The summed E-state index contributed by atoms with van der Waals surface area (Å²) < 4.78 is 0. The van der Waals surface area contributed by atoms with Crippen LogP contribution in [0.4, 0.5) is 0 Å². The minimum Gasteiger partial charge on any atom is -0.341 e. The number of aromatic nitrogens is 3. The Hall–Kier alpha value is -2.99. The third-order valence-corrected chi connectivity index (χ3v) is 5.43. The van der Waals surface area contributed by atoms with E-state index in [1.54, 1.807) is 18.0 Å². The van der Waals surface area contributed by atoms with Gasteiger partial charge in [-0.25, -0.2) is 9.78 Å². The number of halogens is 1. The van der Waals surface area contributed by atoms with Crippen molar-refractivity contribution in [3.63, 3.8) is 0 Å². The Morgan fingerprint density at radius 1 is 1.10 bits per heavy atom. The minimum atomic E-state index is -0.499. The fourth-order valence-electron chi connectivity index (χ4n) is 3.38. The molecular weight excluding hydrogens is 400 g/mol. The van der Waals surface area contributed by atoms with Gasteiger partial charge >= 0.3 is 5.69 Å². The highest BCUT2D eigenvalue weighted by Crippen LogP contribution is 2.27. The maximum atomic E-state index is 12.6. The molecule has 0 fully saturated rings. The molecule has 0 saturated heterocycles. The molecule has 156 valence electrons. The highest BCUT2D eigenvalue weighted by molar-refractivity contribution is 6.33. The zero-order chi connectivity index (χ0) is 21.7. The van der Waals surface area contributed by atoms with Crippen molar-refractivity contribution in [2.45, 2.75) is 33.2 Å². The van der Waals surface area contributed by atoms with Crippen LogP contribution in [0.5, 0.6) is 0 Å². The van der Waals surface area contributed by atoms with Gasteiger partial charge in [-0.05, 0) is 30.5 Å². The quantitative estimate of drug-likeness (QED) is 0.603. The van der Waals surface area contributed by atoms with Crippen molar-refractivity contribution in [2.75, 3.05) is 7.05 Å². The van der Waals surface area contributed by atoms with Crippen LogP contribution in [-0.2, 0) is 11.3 Å². The molecule has 0 saturated carbocycles. The number of aromatic amines is 1. The smallest absolute Gasteiger partial charge is 0.341 e. The number of amides is 1. The van der Waals surface area contributed by atoms with E-state index in [9.17, 15) is 9.59 Å². The molecule has 7 heteroatoms. The van der Waals surface area contributed by atoms with Crippen LogP contribution in [0, 0.1) is 5.92 Å². The Bertz CT molecular complexity index is 1080. The second-order valence-corrected chi connectivity index (χ2v) is 7.62. The van der Waals surface area contributed by atoms with Crippen molar-refractivity contribution in [1.29, 1.82) is 0 Å². The lowest BCUT2D eigenvalue weighted by atomic mass is 10.0. The monoisotopic (exact) mass is 424 g/mol. The van der Waals surface area contributed by atoms with E-state index < -0.39 is 5.69 Å². The topological polar surface area (TPSA) is 79.0 Å². The van der Waals surface area contributed by atoms with Crippen molar-refractivity contribution in [3.8, 4) is 22.8 Å². The highest BCUT2D eigenvalue weighted by atomic mass is 35.5. The van der Waals surface area contributed by atoms with Crippen molar-refractivity contribution >= 4 is 17.5 Å². The first-order valence-electron chi connectivity index (χ1n) is 10.0. The van der Waals surface area contributed by atoms with Crippen molar-refractivity contribution in [3.05, 3.63) is 69.6 Å². The summed E-state index contributed by atoms with van der Waals surface area (Å²) in [7, 11) is 1.80. The first kappa shape index (κ1) is 21.7. The number of rotatable bonds is 7. The summed E-state index contributed by atoms with van der Waals surface area (Å²) >= 11 is 6.41. The summed E-state index contributed by atoms with van der Waals surface area (Å²) in [4.78, 5) is 37.7. The zero-order valence-electron chi connectivity index (χ0n) is 17.4. The predicted octanol–water partition coefficient (Wildman–Crippen LogP) is 4.55. The molecule has 1 amide bonds. The Morgan fingerprint density at radius 2 is 1.80 bits per heavy atom. The van der Waals surface area contributed by atoms with E-state index in [-0.39, 0.29) is 11.8 Å². The fourth-order valence-corrected chi connectivity index (χ4v) is 3.59. The van der Waals surface area contributed by atoms with Gasteiger partial charge in [-0.3, -0.25) is 9.78 Å². The summed E-state index contributed by atoms with van der Waals surface area (Å²) in [5.41, 5.74) is 1.74. The minimum absolute atomic E-state index is 0.0217. The van der Waals surface area contributed by atoms with E-state index in [1.807, 2.05) is 56.3 Å². The number of hydrogen-bond acceptors (Lipinski definition) is 4. The second kappa shape index (κ2) is 9.67. The van der Waals surface area contributed by atoms with Crippen molar-refractivity contribution in [1.82, 2.24) is 19.9 Å². The van der Waals surface area contributed by atoms with Crippen LogP contribution < -0.4 is 5.69 Å². The molecule has 3 aromatic rings. The van der Waals surface area contributed by atoms with Gasteiger partial charge in [-0.15, -0.1) is 0 Å². The lowest BCUT2D eigenvalue weighted by Crippen LogP contribution is -2.32. The molecule has 0 spiro atoms. The zero-order valence-corrected chi connectivity index (χ0v) is 18.1. The molecule has 3 rings (SSSR count). The van der Waals surface area contributed by atoms with Gasteiger partial charge in [0.15, 0.2) is 5.82 Å². The molecule has 0 aliphatic rings. The van der Waals surface area contributed by atoms with Gasteiger partial charge in [0.1, 0.15) is 5.82 Å². The molecule has 1 aromatic heterocycles. The van der Waals surface area contributed by atoms with E-state index in [0.717, 1.165) is 24.0 Å². The third-order valence-electron chi connectivity index (χ3n) is 5.10. The fraction of sp³-hybridized carbons (Fsp3) is 0.304. The number of hydrogen-bond donors (Lipinski definition) is 1. The molecule has 2 aromatic carbocycles. The summed E-state index contributed by atoms with van der Waals surface area (Å²) in [6, 6.07) is 14.8. The normalized spacial score (nSPS) is 11.0. The SMILES string of the molecule is CCC(CC)C(=O)N(C)Cc1ccc(Cl)c(-c2nc(-c3ccccc3)nc(=O)[nH]2)c1. The van der Waals surface area contributed by atoms with Crippen LogP contribution in [0.1, 0.15) is 32.3 Å². The van der Waals surface area contributed by atoms with E-state index in [0.29, 0.717) is 28.8 Å². The van der Waals surface area contributed by atoms with E-state index in [4.69, 9.17) is 11.6 Å². The van der Waals surface area contributed by atoms with Crippen LogP contribution in [-0.4, -0.2) is 32.8 Å². The lowest BCUT2D eigenvalue weighted by molar-refractivity contribution is -0.134. The lowest BCUT2D eigenvalue weighted by Gasteiger charge is -2.22. The molecule has 0 aliphatic heterocycles. The van der Waals surface area contributed by atoms with Gasteiger partial charge in [0.25, 0.3) is 0 Å². The Labute approximate surface area is 181 Å². The van der Waals surface area contributed by atoms with Gasteiger partial charge in [0.05, 0.1) is 5.02 Å². The molecule has 0 unspecified atom stereocenters. The first-order chi connectivity index (χ1) is 14.4. The van der Waals surface area contributed by atoms with E-state index >= 15 is 0 Å². The molecular formula is C23H25ClN4O2. The Morgan fingerprint density at radius 3 is 2.47 bits per heavy atom. The van der Waals surface area contributed by atoms with Gasteiger partial charge in [-0.2, -0.15) is 4.98 Å². The van der Waals surface area contributed by atoms with Crippen LogP contribution in [0.15, 0.2) is 53.3 Å². The second-order valence-electron chi connectivity index (χ2n) is 7.21. The van der Waals surface area contributed by atoms with Crippen LogP contribution in [0.2, 0.25) is 5.02 Å². The van der Waals surface area contributed by atoms with E-state index in [2.05, 4.69) is 15.0 Å². The molecule has 0 radical (unpaired) electrons. The average molecular weight is 425 g/mol. The average Bonchev–Trinajstić information content (AvgIpc) is 2.76. The molecule has 30 heavy (non-hydrogen) atoms. The molecule has 0 bridgehead atoms. The largest absolute Gasteiger partial charge is 0.348 e. The number of nitrogens with one attached hydrogen (secondary N) is 1. The summed E-state index contributed by atoms with van der Waals surface area (Å²) in [6.07, 6.45) is 1.63. The molecule has 1 N–H and O–H groups in total.